The number of ether oxygens (including phenoxy) is 4. The highest BCUT2D eigenvalue weighted by Gasteiger charge is 2.30. The number of rotatable bonds is 71. The lowest BCUT2D eigenvalue weighted by Crippen LogP contribution is -2.30. The number of aliphatic hydroxyl groups excluding tert-OH is 1. The monoisotopic (exact) mass is 1340 g/mol. The number of esters is 4. The van der Waals surface area contributed by atoms with Gasteiger partial charge in [0, 0.05) is 25.7 Å². The molecule has 0 aromatic rings. The molecule has 17 nitrogen and oxygen atoms in total. The highest BCUT2D eigenvalue weighted by Crippen LogP contribution is 2.45. The number of hydrogen-bond donors (Lipinski definition) is 3. The number of carbonyl (C=O) groups is 4. The lowest BCUT2D eigenvalue weighted by Gasteiger charge is -2.21. The van der Waals surface area contributed by atoms with Crippen LogP contribution in [-0.2, 0) is 65.4 Å². The second kappa shape index (κ2) is 64.1. The van der Waals surface area contributed by atoms with Crippen LogP contribution in [0.25, 0.3) is 0 Å². The minimum absolute atomic E-state index is 0.103. The molecule has 0 saturated heterocycles. The van der Waals surface area contributed by atoms with Crippen LogP contribution in [0.5, 0.6) is 0 Å². The Kier molecular flexibility index (Phi) is 62.7. The van der Waals surface area contributed by atoms with Gasteiger partial charge in [-0.15, -0.1) is 0 Å². The summed E-state index contributed by atoms with van der Waals surface area (Å²) in [6, 6.07) is 0. The van der Waals surface area contributed by atoms with Crippen LogP contribution >= 0.6 is 15.6 Å². The molecule has 3 N–H and O–H groups in total. The SMILES string of the molecule is CCCCCCCCCCCCCCCCCCC(=O)OC[C@H](COP(=O)(O)OC[C@@H](O)COP(=O)(O)OC[C@@H](COC(=O)CCCCCCCCC)OC(=O)CCCCCCCCCC(C)C)OC(=O)CCCCCCCCCCCCCCCCCC(C)C. The lowest BCUT2D eigenvalue weighted by molar-refractivity contribution is -0.161. The summed E-state index contributed by atoms with van der Waals surface area (Å²) in [7, 11) is -9.90. The molecule has 0 spiro atoms. The Hall–Kier alpha value is -1.94. The van der Waals surface area contributed by atoms with Gasteiger partial charge in [0.15, 0.2) is 12.2 Å². The first-order valence-electron chi connectivity index (χ1n) is 37.5. The fraction of sp³-hybridized carbons (Fsp3) is 0.944. The molecule has 0 aliphatic carbocycles. The van der Waals surface area contributed by atoms with Gasteiger partial charge >= 0.3 is 39.5 Å². The van der Waals surface area contributed by atoms with Gasteiger partial charge in [-0.2, -0.15) is 0 Å². The number of carbonyl (C=O) groups excluding carboxylic acids is 4. The molecule has 5 atom stereocenters. The Balaban J connectivity index is 5.18. The molecular weight excluding hydrogens is 1200 g/mol. The first-order chi connectivity index (χ1) is 43.9. The van der Waals surface area contributed by atoms with Gasteiger partial charge in [-0.05, 0) is 37.5 Å². The Bertz CT molecular complexity index is 1770. The van der Waals surface area contributed by atoms with Crippen molar-refractivity contribution < 1.29 is 80.2 Å². The maximum Gasteiger partial charge on any atom is 0.472 e. The van der Waals surface area contributed by atoms with Gasteiger partial charge in [0.05, 0.1) is 26.4 Å². The summed E-state index contributed by atoms with van der Waals surface area (Å²) in [5, 5.41) is 10.6. The van der Waals surface area contributed by atoms with E-state index in [-0.39, 0.29) is 25.7 Å². The molecule has 540 valence electrons. The maximum atomic E-state index is 13.0. The van der Waals surface area contributed by atoms with Crippen molar-refractivity contribution >= 4 is 39.5 Å². The van der Waals surface area contributed by atoms with Crippen molar-refractivity contribution in [2.24, 2.45) is 11.8 Å². The molecule has 91 heavy (non-hydrogen) atoms. The number of aliphatic hydroxyl groups is 1. The smallest absolute Gasteiger partial charge is 0.462 e. The maximum absolute atomic E-state index is 13.0. The molecule has 0 heterocycles. The lowest BCUT2D eigenvalue weighted by atomic mass is 10.0. The van der Waals surface area contributed by atoms with E-state index >= 15 is 0 Å². The summed E-state index contributed by atoms with van der Waals surface area (Å²) >= 11 is 0. The van der Waals surface area contributed by atoms with Crippen LogP contribution in [0.15, 0.2) is 0 Å². The summed E-state index contributed by atoms with van der Waals surface area (Å²) in [6.45, 7) is 9.49. The normalized spacial score (nSPS) is 14.1. The Morgan fingerprint density at radius 3 is 0.747 bits per heavy atom. The zero-order chi connectivity index (χ0) is 67.2. The third-order valence-electron chi connectivity index (χ3n) is 16.7. The largest absolute Gasteiger partial charge is 0.472 e. The van der Waals surface area contributed by atoms with Crippen LogP contribution < -0.4 is 0 Å². The minimum Gasteiger partial charge on any atom is -0.462 e. The molecule has 0 aromatic carbocycles. The van der Waals surface area contributed by atoms with Crippen molar-refractivity contribution in [3.05, 3.63) is 0 Å². The third kappa shape index (κ3) is 66.5. The topological polar surface area (TPSA) is 237 Å². The quantitative estimate of drug-likeness (QED) is 0.0222. The fourth-order valence-corrected chi connectivity index (χ4v) is 12.5. The van der Waals surface area contributed by atoms with Crippen LogP contribution in [0.3, 0.4) is 0 Å². The molecule has 0 rings (SSSR count). The van der Waals surface area contributed by atoms with Gasteiger partial charge < -0.3 is 33.8 Å². The predicted octanol–water partition coefficient (Wildman–Crippen LogP) is 20.8. The number of phosphoric acid groups is 2. The molecule has 19 heteroatoms. The van der Waals surface area contributed by atoms with Gasteiger partial charge in [-0.1, -0.05) is 318 Å². The highest BCUT2D eigenvalue weighted by molar-refractivity contribution is 7.47. The summed E-state index contributed by atoms with van der Waals surface area (Å²) < 4.78 is 68.2. The van der Waals surface area contributed by atoms with Crippen LogP contribution in [0.1, 0.15) is 369 Å². The number of unbranched alkanes of at least 4 members (excludes halogenated alkanes) is 41. The molecule has 0 radical (unpaired) electrons. The number of phosphoric ester groups is 2. The average Bonchev–Trinajstić information content (AvgIpc) is 3.72. The molecule has 0 aromatic heterocycles. The first-order valence-corrected chi connectivity index (χ1v) is 40.5. The van der Waals surface area contributed by atoms with E-state index < -0.39 is 97.5 Å². The molecule has 0 bridgehead atoms. The van der Waals surface area contributed by atoms with E-state index in [0.29, 0.717) is 31.6 Å². The van der Waals surface area contributed by atoms with Gasteiger partial charge in [0.25, 0.3) is 0 Å². The van der Waals surface area contributed by atoms with E-state index in [9.17, 15) is 43.2 Å². The van der Waals surface area contributed by atoms with E-state index in [4.69, 9.17) is 37.0 Å². The second-order valence-electron chi connectivity index (χ2n) is 26.9. The minimum atomic E-state index is -4.95. The third-order valence-corrected chi connectivity index (χ3v) is 18.6. The van der Waals surface area contributed by atoms with Crippen molar-refractivity contribution in [2.45, 2.75) is 387 Å². The van der Waals surface area contributed by atoms with Crippen molar-refractivity contribution in [1.29, 1.82) is 0 Å². The van der Waals surface area contributed by atoms with E-state index in [0.717, 1.165) is 109 Å². The summed E-state index contributed by atoms with van der Waals surface area (Å²) in [4.78, 5) is 72.5. The van der Waals surface area contributed by atoms with E-state index in [1.54, 1.807) is 0 Å². The first kappa shape index (κ1) is 89.1. The molecule has 0 aliphatic rings. The standard InChI is InChI=1S/C72H140O17P2/c1-7-9-11-13-15-16-17-18-19-22-25-28-31-37-43-49-55-70(75)83-61-68(88-71(76)56-50-44-38-32-29-26-23-20-21-24-27-30-35-40-46-52-64(3)4)63-87-91(80,81)85-59-66(73)58-84-90(78,79)86-62-67(60-82-69(74)54-48-42-34-14-12-10-8-2)89-72(77)57-51-45-39-33-36-41-47-53-65(5)6/h64-68,73H,7-63H2,1-6H3,(H,78,79)(H,80,81)/t66-,67+,68+/m0/s1. The van der Waals surface area contributed by atoms with Crippen LogP contribution in [-0.4, -0.2) is 96.7 Å². The Labute approximate surface area is 556 Å². The van der Waals surface area contributed by atoms with Gasteiger partial charge in [-0.25, -0.2) is 9.13 Å². The van der Waals surface area contributed by atoms with Crippen molar-refractivity contribution in [3.8, 4) is 0 Å². The van der Waals surface area contributed by atoms with Gasteiger partial charge in [0.2, 0.25) is 0 Å². The molecule has 2 unspecified atom stereocenters. The van der Waals surface area contributed by atoms with Crippen molar-refractivity contribution in [1.82, 2.24) is 0 Å². The van der Waals surface area contributed by atoms with Crippen LogP contribution in [0, 0.1) is 11.8 Å². The van der Waals surface area contributed by atoms with Gasteiger partial charge in [-0.3, -0.25) is 37.3 Å². The molecule has 0 amide bonds. The average molecular weight is 1340 g/mol. The molecule has 0 fully saturated rings. The van der Waals surface area contributed by atoms with E-state index in [1.165, 1.54) is 173 Å². The van der Waals surface area contributed by atoms with Gasteiger partial charge in [0.1, 0.15) is 19.3 Å². The molecule has 0 saturated carbocycles. The number of hydrogen-bond acceptors (Lipinski definition) is 15. The van der Waals surface area contributed by atoms with Crippen LogP contribution in [0.4, 0.5) is 0 Å². The van der Waals surface area contributed by atoms with Crippen molar-refractivity contribution in [2.75, 3.05) is 39.6 Å². The summed E-state index contributed by atoms with van der Waals surface area (Å²) in [6.07, 6.45) is 50.2. The predicted molar refractivity (Wildman–Crippen MR) is 368 cm³/mol. The summed E-state index contributed by atoms with van der Waals surface area (Å²) in [5.74, 6) is -0.629. The Morgan fingerprint density at radius 2 is 0.505 bits per heavy atom. The fourth-order valence-electron chi connectivity index (χ4n) is 10.9. The Morgan fingerprint density at radius 1 is 0.297 bits per heavy atom. The molecular formula is C72H140O17P2. The van der Waals surface area contributed by atoms with Crippen LogP contribution in [0.2, 0.25) is 0 Å². The zero-order valence-electron chi connectivity index (χ0n) is 59.1. The van der Waals surface area contributed by atoms with Crippen molar-refractivity contribution in [3.63, 3.8) is 0 Å². The van der Waals surface area contributed by atoms with E-state index in [1.807, 2.05) is 0 Å². The molecule has 0 aliphatic heterocycles. The van der Waals surface area contributed by atoms with E-state index in [2.05, 4.69) is 41.5 Å². The highest BCUT2D eigenvalue weighted by atomic mass is 31.2. The summed E-state index contributed by atoms with van der Waals surface area (Å²) in [5.41, 5.74) is 0. The zero-order valence-corrected chi connectivity index (χ0v) is 60.9. The second-order valence-corrected chi connectivity index (χ2v) is 29.8.